The van der Waals surface area contributed by atoms with Crippen LogP contribution in [-0.2, 0) is 10.8 Å². The van der Waals surface area contributed by atoms with Crippen LogP contribution in [0.2, 0.25) is 10.0 Å². The van der Waals surface area contributed by atoms with Gasteiger partial charge < -0.3 is 16.6 Å². The number of anilines is 2. The van der Waals surface area contributed by atoms with Gasteiger partial charge in [0.25, 0.3) is 0 Å². The summed E-state index contributed by atoms with van der Waals surface area (Å²) in [4.78, 5) is 0. The molecule has 0 aliphatic heterocycles. The monoisotopic (exact) mass is 506 g/mol. The van der Waals surface area contributed by atoms with Crippen molar-refractivity contribution >= 4 is 50.5 Å². The maximum absolute atomic E-state index is 7.57. The summed E-state index contributed by atoms with van der Waals surface area (Å²) in [6.45, 7) is 14.6. The SMILES string of the molecule is C.CC(C)(C)c1cc(Br)cc(Cl)c1N.CC(C)(C)c1cccc(Cl)c1N.CCO. The molecule has 0 atom stereocenters. The van der Waals surface area contributed by atoms with Gasteiger partial charge in [0.15, 0.2) is 0 Å². The van der Waals surface area contributed by atoms with E-state index in [1.165, 1.54) is 0 Å². The van der Waals surface area contributed by atoms with Crippen molar-refractivity contribution in [1.29, 1.82) is 0 Å². The van der Waals surface area contributed by atoms with Crippen molar-refractivity contribution in [3.05, 3.63) is 56.0 Å². The van der Waals surface area contributed by atoms with Gasteiger partial charge in [0.1, 0.15) is 0 Å². The summed E-state index contributed by atoms with van der Waals surface area (Å²) in [7, 11) is 0. The summed E-state index contributed by atoms with van der Waals surface area (Å²) in [6, 6.07) is 9.58. The zero-order valence-corrected chi connectivity index (χ0v) is 20.9. The Kier molecular flexibility index (Phi) is 13.2. The Bertz CT molecular complexity index is 767. The molecular formula is C23H37BrCl2N2O. The van der Waals surface area contributed by atoms with Crippen LogP contribution < -0.4 is 11.5 Å². The van der Waals surface area contributed by atoms with Crippen molar-refractivity contribution in [2.24, 2.45) is 0 Å². The first-order valence-corrected chi connectivity index (χ1v) is 10.6. The van der Waals surface area contributed by atoms with E-state index in [0.29, 0.717) is 21.4 Å². The minimum atomic E-state index is 0. The zero-order valence-electron chi connectivity index (χ0n) is 17.8. The van der Waals surface area contributed by atoms with E-state index >= 15 is 0 Å². The van der Waals surface area contributed by atoms with Crippen molar-refractivity contribution in [3.8, 4) is 0 Å². The molecule has 29 heavy (non-hydrogen) atoms. The minimum absolute atomic E-state index is 0. The van der Waals surface area contributed by atoms with Crippen LogP contribution >= 0.6 is 39.1 Å². The summed E-state index contributed by atoms with van der Waals surface area (Å²) in [5.74, 6) is 0. The van der Waals surface area contributed by atoms with Crippen molar-refractivity contribution in [1.82, 2.24) is 0 Å². The Balaban J connectivity index is 0. The molecule has 2 aromatic rings. The number of aliphatic hydroxyl groups is 1. The molecule has 0 saturated carbocycles. The van der Waals surface area contributed by atoms with Gasteiger partial charge in [0.05, 0.1) is 21.4 Å². The molecule has 0 saturated heterocycles. The highest BCUT2D eigenvalue weighted by atomic mass is 79.9. The highest BCUT2D eigenvalue weighted by Gasteiger charge is 2.19. The van der Waals surface area contributed by atoms with Crippen LogP contribution in [0.4, 0.5) is 11.4 Å². The maximum atomic E-state index is 7.57. The predicted molar refractivity (Wildman–Crippen MR) is 136 cm³/mol. The van der Waals surface area contributed by atoms with E-state index in [2.05, 4.69) is 57.5 Å². The fraction of sp³-hybridized carbons (Fsp3) is 0.478. The third-order valence-corrected chi connectivity index (χ3v) is 4.86. The van der Waals surface area contributed by atoms with Gasteiger partial charge in [0.2, 0.25) is 0 Å². The second-order valence-corrected chi connectivity index (χ2v) is 10.1. The summed E-state index contributed by atoms with van der Waals surface area (Å²) in [5.41, 5.74) is 15.4. The molecule has 0 amide bonds. The molecular weight excluding hydrogens is 471 g/mol. The van der Waals surface area contributed by atoms with E-state index in [4.69, 9.17) is 39.8 Å². The van der Waals surface area contributed by atoms with Gasteiger partial charge >= 0.3 is 0 Å². The second-order valence-electron chi connectivity index (χ2n) is 8.37. The van der Waals surface area contributed by atoms with Crippen LogP contribution in [0, 0.1) is 0 Å². The predicted octanol–water partition coefficient (Wildman–Crippen LogP) is 7.84. The number of rotatable bonds is 0. The Morgan fingerprint density at radius 1 is 0.862 bits per heavy atom. The molecule has 2 aromatic carbocycles. The van der Waals surface area contributed by atoms with Crippen molar-refractivity contribution in [2.45, 2.75) is 66.7 Å². The number of nitrogen functional groups attached to an aromatic ring is 2. The van der Waals surface area contributed by atoms with E-state index in [9.17, 15) is 0 Å². The molecule has 2 rings (SSSR count). The van der Waals surface area contributed by atoms with Crippen LogP contribution in [0.15, 0.2) is 34.8 Å². The molecule has 0 aromatic heterocycles. The first-order chi connectivity index (χ1) is 12.7. The van der Waals surface area contributed by atoms with Gasteiger partial charge in [-0.25, -0.2) is 0 Å². The van der Waals surface area contributed by atoms with Gasteiger partial charge in [-0.05, 0) is 47.1 Å². The van der Waals surface area contributed by atoms with Gasteiger partial charge in [-0.1, -0.05) is 100 Å². The van der Waals surface area contributed by atoms with Crippen molar-refractivity contribution in [2.75, 3.05) is 18.1 Å². The molecule has 0 bridgehead atoms. The van der Waals surface area contributed by atoms with Crippen molar-refractivity contribution in [3.63, 3.8) is 0 Å². The minimum Gasteiger partial charge on any atom is -0.397 e. The summed E-state index contributed by atoms with van der Waals surface area (Å²) < 4.78 is 0.969. The Hall–Kier alpha value is -0.940. The van der Waals surface area contributed by atoms with Gasteiger partial charge in [-0.15, -0.1) is 0 Å². The van der Waals surface area contributed by atoms with E-state index in [0.717, 1.165) is 15.6 Å². The molecule has 0 fully saturated rings. The normalized spacial score (nSPS) is 10.7. The Morgan fingerprint density at radius 3 is 1.66 bits per heavy atom. The molecule has 0 spiro atoms. The third kappa shape index (κ3) is 10.1. The lowest BCUT2D eigenvalue weighted by Gasteiger charge is -2.22. The molecule has 0 heterocycles. The number of halogens is 3. The number of aliphatic hydroxyl groups excluding tert-OH is 1. The van der Waals surface area contributed by atoms with E-state index in [1.54, 1.807) is 6.92 Å². The van der Waals surface area contributed by atoms with Crippen LogP contribution in [0.1, 0.15) is 67.0 Å². The molecule has 0 aliphatic rings. The van der Waals surface area contributed by atoms with Crippen LogP contribution in [0.25, 0.3) is 0 Å². The number of benzene rings is 2. The fourth-order valence-electron chi connectivity index (χ4n) is 2.40. The summed E-state index contributed by atoms with van der Waals surface area (Å²) >= 11 is 15.3. The Morgan fingerprint density at radius 2 is 1.28 bits per heavy atom. The average molecular weight is 508 g/mol. The molecule has 5 N–H and O–H groups in total. The van der Waals surface area contributed by atoms with Gasteiger partial charge in [-0.2, -0.15) is 0 Å². The summed E-state index contributed by atoms with van der Waals surface area (Å²) in [6.07, 6.45) is 0. The molecule has 0 unspecified atom stereocenters. The zero-order chi connectivity index (χ0) is 22.3. The quantitative estimate of drug-likeness (QED) is 0.318. The largest absolute Gasteiger partial charge is 0.397 e. The first-order valence-electron chi connectivity index (χ1n) is 9.07. The average Bonchev–Trinajstić information content (AvgIpc) is 2.52. The third-order valence-electron chi connectivity index (χ3n) is 3.76. The smallest absolute Gasteiger partial charge is 0.0649 e. The van der Waals surface area contributed by atoms with Crippen LogP contribution in [0.3, 0.4) is 0 Å². The second kappa shape index (κ2) is 12.7. The van der Waals surface area contributed by atoms with E-state index in [1.807, 2.05) is 30.3 Å². The number of nitrogens with two attached hydrogens (primary N) is 2. The summed E-state index contributed by atoms with van der Waals surface area (Å²) in [5, 5.41) is 8.82. The topological polar surface area (TPSA) is 72.3 Å². The Labute approximate surface area is 195 Å². The van der Waals surface area contributed by atoms with E-state index < -0.39 is 0 Å². The maximum Gasteiger partial charge on any atom is 0.0649 e. The molecule has 0 radical (unpaired) electrons. The fourth-order valence-corrected chi connectivity index (χ4v) is 3.38. The van der Waals surface area contributed by atoms with E-state index in [-0.39, 0.29) is 24.9 Å². The molecule has 3 nitrogen and oxygen atoms in total. The van der Waals surface area contributed by atoms with Gasteiger partial charge in [-0.3, -0.25) is 0 Å². The number of hydrogen-bond acceptors (Lipinski definition) is 3. The molecule has 166 valence electrons. The first kappa shape index (κ1) is 30.3. The number of para-hydroxylation sites is 1. The van der Waals surface area contributed by atoms with Crippen LogP contribution in [-0.4, -0.2) is 11.7 Å². The standard InChI is InChI=1S/C10H13BrClN.C10H14ClN.C2H6O.CH4/c1-10(2,3)7-4-6(11)5-8(12)9(7)13;1-10(2,3)7-5-4-6-8(11)9(7)12;1-2-3;/h4-5H,13H2,1-3H3;4-6H,12H2,1-3H3;3H,2H2,1H3;1H4. The van der Waals surface area contributed by atoms with Crippen molar-refractivity contribution < 1.29 is 5.11 Å². The lowest BCUT2D eigenvalue weighted by Crippen LogP contribution is -2.14. The lowest BCUT2D eigenvalue weighted by atomic mass is 9.86. The number of hydrogen-bond donors (Lipinski definition) is 3. The molecule has 0 aliphatic carbocycles. The van der Waals surface area contributed by atoms with Gasteiger partial charge in [0, 0.05) is 11.1 Å². The lowest BCUT2D eigenvalue weighted by molar-refractivity contribution is 0.318. The van der Waals surface area contributed by atoms with Crippen LogP contribution in [0.5, 0.6) is 0 Å². The highest BCUT2D eigenvalue weighted by Crippen LogP contribution is 2.35. The highest BCUT2D eigenvalue weighted by molar-refractivity contribution is 9.10. The molecule has 6 heteroatoms.